The second kappa shape index (κ2) is 6.96. The summed E-state index contributed by atoms with van der Waals surface area (Å²) in [5, 5.41) is 3.00. The SMILES string of the molecule is CN1CCO[C@H]2CCN(C(=O)Nc3cccc4c3CCN4S(C)(=O)=O)C[C@H]21. The predicted molar refractivity (Wildman–Crippen MR) is 104 cm³/mol. The fourth-order valence-electron chi connectivity index (χ4n) is 4.29. The van der Waals surface area contributed by atoms with E-state index >= 15 is 0 Å². The van der Waals surface area contributed by atoms with E-state index in [1.165, 1.54) is 10.6 Å². The zero-order valence-corrected chi connectivity index (χ0v) is 16.5. The lowest BCUT2D eigenvalue weighted by molar-refractivity contribution is -0.0875. The van der Waals surface area contributed by atoms with Crippen LogP contribution in [-0.2, 0) is 21.2 Å². The molecule has 2 saturated heterocycles. The van der Waals surface area contributed by atoms with Crippen LogP contribution in [0.1, 0.15) is 12.0 Å². The molecule has 3 aliphatic heterocycles. The molecule has 3 heterocycles. The van der Waals surface area contributed by atoms with Gasteiger partial charge in [-0.05, 0) is 32.0 Å². The third-order valence-electron chi connectivity index (χ3n) is 5.78. The minimum absolute atomic E-state index is 0.140. The number of urea groups is 1. The van der Waals surface area contributed by atoms with Gasteiger partial charge in [-0.1, -0.05) is 6.07 Å². The van der Waals surface area contributed by atoms with Crippen LogP contribution >= 0.6 is 0 Å². The fourth-order valence-corrected chi connectivity index (χ4v) is 5.24. The number of carbonyl (C=O) groups excluding carboxylic acids is 1. The average Bonchev–Trinajstić information content (AvgIpc) is 3.07. The second-order valence-electron chi connectivity index (χ2n) is 7.51. The normalized spacial score (nSPS) is 25.9. The van der Waals surface area contributed by atoms with Gasteiger partial charge in [0.1, 0.15) is 0 Å². The molecular weight excluding hydrogens is 368 g/mol. The Morgan fingerprint density at radius 3 is 2.85 bits per heavy atom. The topological polar surface area (TPSA) is 82.2 Å². The van der Waals surface area contributed by atoms with E-state index in [4.69, 9.17) is 4.74 Å². The fraction of sp³-hybridized carbons (Fsp3) is 0.611. The van der Waals surface area contributed by atoms with Gasteiger partial charge in [0.15, 0.2) is 0 Å². The van der Waals surface area contributed by atoms with Crippen molar-refractivity contribution in [3.8, 4) is 0 Å². The third-order valence-corrected chi connectivity index (χ3v) is 6.96. The number of hydrogen-bond acceptors (Lipinski definition) is 5. The maximum absolute atomic E-state index is 12.9. The number of benzene rings is 1. The minimum atomic E-state index is -3.31. The molecule has 27 heavy (non-hydrogen) atoms. The Hall–Kier alpha value is -1.84. The number of rotatable bonds is 2. The first-order chi connectivity index (χ1) is 12.8. The molecule has 2 atom stereocenters. The number of morpholine rings is 1. The average molecular weight is 394 g/mol. The van der Waals surface area contributed by atoms with Gasteiger partial charge in [0.2, 0.25) is 10.0 Å². The molecule has 2 fully saturated rings. The molecule has 3 aliphatic rings. The van der Waals surface area contributed by atoms with Crippen molar-refractivity contribution in [1.29, 1.82) is 0 Å². The number of piperidine rings is 1. The van der Waals surface area contributed by atoms with Crippen LogP contribution in [0, 0.1) is 0 Å². The zero-order chi connectivity index (χ0) is 19.2. The predicted octanol–water partition coefficient (Wildman–Crippen LogP) is 0.946. The number of fused-ring (bicyclic) bond motifs is 2. The molecule has 0 bridgehead atoms. The molecule has 0 aliphatic carbocycles. The van der Waals surface area contributed by atoms with Crippen molar-refractivity contribution in [1.82, 2.24) is 9.80 Å². The lowest BCUT2D eigenvalue weighted by atomic mass is 9.99. The van der Waals surface area contributed by atoms with E-state index < -0.39 is 10.0 Å². The monoisotopic (exact) mass is 394 g/mol. The minimum Gasteiger partial charge on any atom is -0.375 e. The lowest BCUT2D eigenvalue weighted by Gasteiger charge is -2.45. The number of carbonyl (C=O) groups is 1. The number of hydrogen-bond donors (Lipinski definition) is 1. The Morgan fingerprint density at radius 2 is 2.07 bits per heavy atom. The number of amides is 2. The highest BCUT2D eigenvalue weighted by molar-refractivity contribution is 7.92. The number of ether oxygens (including phenoxy) is 1. The Labute approximate surface area is 160 Å². The molecule has 0 saturated carbocycles. The zero-order valence-electron chi connectivity index (χ0n) is 15.7. The van der Waals surface area contributed by atoms with Crippen molar-refractivity contribution >= 4 is 27.4 Å². The second-order valence-corrected chi connectivity index (χ2v) is 9.42. The van der Waals surface area contributed by atoms with Gasteiger partial charge in [-0.25, -0.2) is 13.2 Å². The van der Waals surface area contributed by atoms with E-state index in [1.807, 2.05) is 11.0 Å². The summed E-state index contributed by atoms with van der Waals surface area (Å²) >= 11 is 0. The van der Waals surface area contributed by atoms with Crippen LogP contribution in [-0.4, -0.2) is 82.5 Å². The molecule has 0 spiro atoms. The highest BCUT2D eigenvalue weighted by Gasteiger charge is 2.37. The highest BCUT2D eigenvalue weighted by atomic mass is 32.2. The summed E-state index contributed by atoms with van der Waals surface area (Å²) < 4.78 is 31.2. The Kier molecular flexibility index (Phi) is 4.77. The molecule has 1 N–H and O–H groups in total. The smallest absolute Gasteiger partial charge is 0.321 e. The van der Waals surface area contributed by atoms with Crippen LogP contribution in [0.3, 0.4) is 0 Å². The first-order valence-corrected chi connectivity index (χ1v) is 11.2. The molecule has 4 rings (SSSR count). The number of nitrogens with one attached hydrogen (secondary N) is 1. The quantitative estimate of drug-likeness (QED) is 0.808. The molecule has 2 amide bonds. The summed E-state index contributed by atoms with van der Waals surface area (Å²) in [6, 6.07) is 5.50. The standard InChI is InChI=1S/C18H26N4O4S/c1-20-10-11-26-17-7-8-21(12-16(17)20)18(23)19-14-4-3-5-15-13(14)6-9-22(15)27(2,24)25/h3-5,16-17H,6-12H2,1-2H3,(H,19,23)/t16-,17+/m1/s1. The van der Waals surface area contributed by atoms with Crippen LogP contribution in [0.15, 0.2) is 18.2 Å². The van der Waals surface area contributed by atoms with Crippen LogP contribution in [0.25, 0.3) is 0 Å². The Bertz CT molecular complexity index is 844. The molecule has 0 unspecified atom stereocenters. The summed E-state index contributed by atoms with van der Waals surface area (Å²) in [4.78, 5) is 16.9. The largest absolute Gasteiger partial charge is 0.375 e. The van der Waals surface area contributed by atoms with Crippen molar-refractivity contribution in [2.45, 2.75) is 25.0 Å². The summed E-state index contributed by atoms with van der Waals surface area (Å²) in [5.41, 5.74) is 2.23. The molecular formula is C18H26N4O4S. The molecule has 1 aromatic carbocycles. The number of likely N-dealkylation sites (N-methyl/N-ethyl adjacent to an activating group) is 1. The maximum Gasteiger partial charge on any atom is 0.321 e. The van der Waals surface area contributed by atoms with Crippen LogP contribution < -0.4 is 9.62 Å². The van der Waals surface area contributed by atoms with Gasteiger partial charge in [0, 0.05) is 37.4 Å². The molecule has 0 radical (unpaired) electrons. The summed E-state index contributed by atoms with van der Waals surface area (Å²) in [6.07, 6.45) is 2.83. The van der Waals surface area contributed by atoms with Gasteiger partial charge in [0.25, 0.3) is 0 Å². The molecule has 8 nitrogen and oxygen atoms in total. The number of likely N-dealkylation sites (tertiary alicyclic amines) is 1. The Balaban J connectivity index is 1.49. The lowest BCUT2D eigenvalue weighted by Crippen LogP contribution is -2.60. The maximum atomic E-state index is 12.9. The first kappa shape index (κ1) is 18.5. The molecule has 9 heteroatoms. The van der Waals surface area contributed by atoms with Crippen LogP contribution in [0.2, 0.25) is 0 Å². The highest BCUT2D eigenvalue weighted by Crippen LogP contribution is 2.35. The van der Waals surface area contributed by atoms with E-state index in [0.717, 1.165) is 25.1 Å². The van der Waals surface area contributed by atoms with Crippen LogP contribution in [0.4, 0.5) is 16.2 Å². The van der Waals surface area contributed by atoms with Crippen molar-refractivity contribution in [3.63, 3.8) is 0 Å². The molecule has 1 aromatic rings. The summed E-state index contributed by atoms with van der Waals surface area (Å²) in [6.45, 7) is 3.33. The molecule has 148 valence electrons. The van der Waals surface area contributed by atoms with E-state index in [2.05, 4.69) is 17.3 Å². The van der Waals surface area contributed by atoms with Gasteiger partial charge >= 0.3 is 6.03 Å². The van der Waals surface area contributed by atoms with Gasteiger partial charge in [0.05, 0.1) is 30.7 Å². The van der Waals surface area contributed by atoms with E-state index in [0.29, 0.717) is 37.4 Å². The van der Waals surface area contributed by atoms with Gasteiger partial charge in [-0.2, -0.15) is 0 Å². The number of sulfonamides is 1. The summed E-state index contributed by atoms with van der Waals surface area (Å²) in [7, 11) is -1.24. The van der Waals surface area contributed by atoms with E-state index in [9.17, 15) is 13.2 Å². The van der Waals surface area contributed by atoms with Crippen molar-refractivity contribution in [2.24, 2.45) is 0 Å². The molecule has 0 aromatic heterocycles. The van der Waals surface area contributed by atoms with Crippen molar-refractivity contribution in [2.75, 3.05) is 55.7 Å². The first-order valence-electron chi connectivity index (χ1n) is 9.32. The third kappa shape index (κ3) is 3.51. The van der Waals surface area contributed by atoms with Gasteiger partial charge in [-0.15, -0.1) is 0 Å². The van der Waals surface area contributed by atoms with Crippen molar-refractivity contribution in [3.05, 3.63) is 23.8 Å². The van der Waals surface area contributed by atoms with E-state index in [-0.39, 0.29) is 18.2 Å². The van der Waals surface area contributed by atoms with Crippen LogP contribution in [0.5, 0.6) is 0 Å². The van der Waals surface area contributed by atoms with Gasteiger partial charge in [-0.3, -0.25) is 9.21 Å². The number of anilines is 2. The number of nitrogens with zero attached hydrogens (tertiary/aromatic N) is 3. The van der Waals surface area contributed by atoms with Gasteiger partial charge < -0.3 is 15.0 Å². The summed E-state index contributed by atoms with van der Waals surface area (Å²) in [5.74, 6) is 0. The Morgan fingerprint density at radius 1 is 1.26 bits per heavy atom. The van der Waals surface area contributed by atoms with E-state index in [1.54, 1.807) is 12.1 Å². The van der Waals surface area contributed by atoms with Crippen molar-refractivity contribution < 1.29 is 17.9 Å².